The van der Waals surface area contributed by atoms with Crippen LogP contribution in [0, 0.1) is 13.8 Å². The van der Waals surface area contributed by atoms with Crippen LogP contribution in [-0.2, 0) is 12.0 Å². The monoisotopic (exact) mass is 442 g/mol. The summed E-state index contributed by atoms with van der Waals surface area (Å²) in [6.07, 6.45) is 2.03. The Morgan fingerprint density at radius 3 is 2.67 bits per heavy atom. The van der Waals surface area contributed by atoms with Crippen LogP contribution >= 0.6 is 0 Å². The summed E-state index contributed by atoms with van der Waals surface area (Å²) in [6.45, 7) is 11.2. The van der Waals surface area contributed by atoms with Crippen LogP contribution < -0.4 is 10.5 Å². The zero-order chi connectivity index (χ0) is 23.3. The van der Waals surface area contributed by atoms with Crippen LogP contribution in [0.15, 0.2) is 47.3 Å². The summed E-state index contributed by atoms with van der Waals surface area (Å²) >= 11 is 0. The van der Waals surface area contributed by atoms with Gasteiger partial charge in [-0.3, -0.25) is 4.79 Å². The molecule has 1 atom stereocenters. The van der Waals surface area contributed by atoms with E-state index in [9.17, 15) is 4.79 Å². The number of rotatable bonds is 3. The van der Waals surface area contributed by atoms with Gasteiger partial charge in [0.2, 0.25) is 0 Å². The second-order valence-electron chi connectivity index (χ2n) is 10.0. The molecule has 0 saturated carbocycles. The van der Waals surface area contributed by atoms with Crippen molar-refractivity contribution in [2.45, 2.75) is 59.0 Å². The molecule has 0 saturated heterocycles. The standard InChI is InChI=1S/C26H30N6O/c1-16-13-17(2)22-19(14-16)15-20(25(33)27-22)23(24-28-29-30-32(24)26(3,4)5)31-12-8-10-18-9-6-7-11-21(18)31/h6-7,9,11,13-15,23H,8,10,12H2,1-5H3,(H,27,33)/t23-/m0/s1. The molecule has 0 spiro atoms. The minimum atomic E-state index is -0.408. The van der Waals surface area contributed by atoms with Crippen molar-refractivity contribution >= 4 is 16.6 Å². The number of nitrogens with one attached hydrogen (secondary N) is 1. The molecule has 0 bridgehead atoms. The van der Waals surface area contributed by atoms with Crippen LogP contribution in [0.25, 0.3) is 10.9 Å². The van der Waals surface area contributed by atoms with Crippen molar-refractivity contribution in [2.75, 3.05) is 11.4 Å². The summed E-state index contributed by atoms with van der Waals surface area (Å²) in [5.74, 6) is 0.674. The number of para-hydroxylation sites is 1. The molecular formula is C26H30N6O. The highest BCUT2D eigenvalue weighted by molar-refractivity contribution is 5.83. The summed E-state index contributed by atoms with van der Waals surface area (Å²) in [4.78, 5) is 19.0. The van der Waals surface area contributed by atoms with Gasteiger partial charge in [0.1, 0.15) is 6.04 Å². The van der Waals surface area contributed by atoms with E-state index in [4.69, 9.17) is 0 Å². The number of nitrogens with zero attached hydrogens (tertiary/aromatic N) is 5. The lowest BCUT2D eigenvalue weighted by atomic mass is 9.95. The number of tetrazole rings is 1. The smallest absolute Gasteiger partial charge is 0.254 e. The van der Waals surface area contributed by atoms with Gasteiger partial charge in [-0.2, -0.15) is 0 Å². The van der Waals surface area contributed by atoms with E-state index in [1.807, 2.05) is 17.7 Å². The zero-order valence-electron chi connectivity index (χ0n) is 19.9. The highest BCUT2D eigenvalue weighted by Crippen LogP contribution is 2.37. The van der Waals surface area contributed by atoms with Crippen LogP contribution in [0.4, 0.5) is 5.69 Å². The number of benzene rings is 2. The summed E-state index contributed by atoms with van der Waals surface area (Å²) in [5.41, 5.74) is 5.75. The Morgan fingerprint density at radius 2 is 1.88 bits per heavy atom. The Labute approximate surface area is 193 Å². The van der Waals surface area contributed by atoms with Gasteiger partial charge in [-0.25, -0.2) is 4.68 Å². The molecule has 1 aliphatic rings. The second kappa shape index (κ2) is 7.83. The molecule has 7 nitrogen and oxygen atoms in total. The molecule has 33 heavy (non-hydrogen) atoms. The van der Waals surface area contributed by atoms with E-state index in [1.165, 1.54) is 5.56 Å². The third-order valence-electron chi connectivity index (χ3n) is 6.45. The van der Waals surface area contributed by atoms with Gasteiger partial charge in [-0.15, -0.1) is 5.10 Å². The lowest BCUT2D eigenvalue weighted by molar-refractivity contribution is 0.329. The normalized spacial score (nSPS) is 15.0. The van der Waals surface area contributed by atoms with Crippen molar-refractivity contribution in [1.82, 2.24) is 25.2 Å². The molecule has 0 amide bonds. The summed E-state index contributed by atoms with van der Waals surface area (Å²) in [7, 11) is 0. The fraction of sp³-hybridized carbons (Fsp3) is 0.385. The molecular weight excluding hydrogens is 412 g/mol. The fourth-order valence-electron chi connectivity index (χ4n) is 5.03. The molecule has 2 aromatic carbocycles. The van der Waals surface area contributed by atoms with Gasteiger partial charge < -0.3 is 9.88 Å². The van der Waals surface area contributed by atoms with Crippen LogP contribution in [0.3, 0.4) is 0 Å². The van der Waals surface area contributed by atoms with Crippen molar-refractivity contribution in [3.63, 3.8) is 0 Å². The van der Waals surface area contributed by atoms with E-state index in [0.717, 1.165) is 47.1 Å². The van der Waals surface area contributed by atoms with Crippen LogP contribution in [-0.4, -0.2) is 31.7 Å². The van der Waals surface area contributed by atoms with E-state index in [-0.39, 0.29) is 11.1 Å². The topological polar surface area (TPSA) is 79.7 Å². The number of aromatic amines is 1. The molecule has 3 heterocycles. The van der Waals surface area contributed by atoms with E-state index >= 15 is 0 Å². The third-order valence-corrected chi connectivity index (χ3v) is 6.45. The molecule has 0 radical (unpaired) electrons. The molecule has 170 valence electrons. The Hall–Kier alpha value is -3.48. The SMILES string of the molecule is Cc1cc(C)c2[nH]c(=O)c([C@@H](c3nnnn3C(C)(C)C)N3CCCc4ccccc43)cc2c1. The fourth-order valence-corrected chi connectivity index (χ4v) is 5.03. The van der Waals surface area contributed by atoms with Crippen LogP contribution in [0.2, 0.25) is 0 Å². The predicted octanol–water partition coefficient (Wildman–Crippen LogP) is 4.43. The number of H-pyrrole nitrogens is 1. The molecule has 2 aromatic heterocycles. The maximum atomic E-state index is 13.6. The first kappa shape index (κ1) is 21.4. The first-order chi connectivity index (χ1) is 15.7. The Morgan fingerprint density at radius 1 is 1.09 bits per heavy atom. The first-order valence-corrected chi connectivity index (χ1v) is 11.5. The summed E-state index contributed by atoms with van der Waals surface area (Å²) < 4.78 is 1.85. The maximum absolute atomic E-state index is 13.6. The van der Waals surface area contributed by atoms with Crippen molar-refractivity contribution < 1.29 is 0 Å². The van der Waals surface area contributed by atoms with Crippen molar-refractivity contribution in [2.24, 2.45) is 0 Å². The van der Waals surface area contributed by atoms with E-state index in [2.05, 4.69) is 89.5 Å². The Bertz CT molecular complexity index is 1390. The van der Waals surface area contributed by atoms with Crippen LogP contribution in [0.5, 0.6) is 0 Å². The predicted molar refractivity (Wildman–Crippen MR) is 131 cm³/mol. The van der Waals surface area contributed by atoms with Crippen molar-refractivity contribution in [3.8, 4) is 0 Å². The van der Waals surface area contributed by atoms with Gasteiger partial charge in [0.25, 0.3) is 5.56 Å². The number of hydrogen-bond donors (Lipinski definition) is 1. The number of aryl methyl sites for hydroxylation is 3. The molecule has 7 heteroatoms. The van der Waals surface area contributed by atoms with Gasteiger partial charge in [-0.1, -0.05) is 29.8 Å². The average molecular weight is 443 g/mol. The van der Waals surface area contributed by atoms with Crippen LogP contribution in [0.1, 0.15) is 61.3 Å². The number of hydrogen-bond acceptors (Lipinski definition) is 5. The van der Waals surface area contributed by atoms with Gasteiger partial charge in [0.05, 0.1) is 11.1 Å². The molecule has 4 aromatic rings. The lowest BCUT2D eigenvalue weighted by Crippen LogP contribution is -2.40. The third kappa shape index (κ3) is 3.71. The Kier molecular flexibility index (Phi) is 5.07. The van der Waals surface area contributed by atoms with Crippen molar-refractivity contribution in [3.05, 3.63) is 80.9 Å². The molecule has 0 fully saturated rings. The van der Waals surface area contributed by atoms with E-state index in [1.54, 1.807) is 0 Å². The summed E-state index contributed by atoms with van der Waals surface area (Å²) in [5, 5.41) is 13.8. The largest absolute Gasteiger partial charge is 0.357 e. The Balaban J connectivity index is 1.79. The minimum absolute atomic E-state index is 0.106. The van der Waals surface area contributed by atoms with Gasteiger partial charge in [-0.05, 0) is 92.6 Å². The lowest BCUT2D eigenvalue weighted by Gasteiger charge is -2.38. The van der Waals surface area contributed by atoms with Gasteiger partial charge in [0, 0.05) is 17.8 Å². The van der Waals surface area contributed by atoms with Gasteiger partial charge >= 0.3 is 0 Å². The molecule has 1 aliphatic heterocycles. The number of aromatic nitrogens is 5. The van der Waals surface area contributed by atoms with Crippen molar-refractivity contribution in [1.29, 1.82) is 0 Å². The second-order valence-corrected chi connectivity index (χ2v) is 10.0. The van der Waals surface area contributed by atoms with Gasteiger partial charge in [0.15, 0.2) is 5.82 Å². The highest BCUT2D eigenvalue weighted by atomic mass is 16.1. The number of anilines is 1. The number of pyridine rings is 1. The summed E-state index contributed by atoms with van der Waals surface area (Å²) in [6, 6.07) is 14.3. The van der Waals surface area contributed by atoms with E-state index < -0.39 is 6.04 Å². The quantitative estimate of drug-likeness (QED) is 0.508. The highest BCUT2D eigenvalue weighted by Gasteiger charge is 2.35. The molecule has 1 N–H and O–H groups in total. The molecule has 0 unspecified atom stereocenters. The van der Waals surface area contributed by atoms with E-state index in [0.29, 0.717) is 11.4 Å². The zero-order valence-corrected chi connectivity index (χ0v) is 19.9. The average Bonchev–Trinajstić information content (AvgIpc) is 3.25. The minimum Gasteiger partial charge on any atom is -0.357 e. The first-order valence-electron chi connectivity index (χ1n) is 11.5. The number of fused-ring (bicyclic) bond motifs is 2. The maximum Gasteiger partial charge on any atom is 0.254 e. The molecule has 0 aliphatic carbocycles. The molecule has 5 rings (SSSR count).